The zero-order valence-corrected chi connectivity index (χ0v) is 12.5. The molecule has 0 saturated carbocycles. The minimum absolute atomic E-state index is 0.0974. The molecule has 1 aromatic rings. The molecular formula is C13H18BrN3O2. The molecule has 2 rings (SSSR count). The number of halogens is 1. The Morgan fingerprint density at radius 1 is 1.53 bits per heavy atom. The van der Waals surface area contributed by atoms with Gasteiger partial charge in [-0.3, -0.25) is 4.79 Å². The minimum atomic E-state index is -0.134. The highest BCUT2D eigenvalue weighted by atomic mass is 79.9. The lowest BCUT2D eigenvalue weighted by molar-refractivity contribution is -0.123. The summed E-state index contributed by atoms with van der Waals surface area (Å²) in [6.45, 7) is 3.87. The molecule has 5 nitrogen and oxygen atoms in total. The Bertz CT molecular complexity index is 448. The number of ether oxygens (including phenoxy) is 1. The predicted octanol–water partition coefficient (Wildman–Crippen LogP) is 1.86. The van der Waals surface area contributed by atoms with Gasteiger partial charge in [0.15, 0.2) is 0 Å². The molecule has 6 heteroatoms. The molecule has 19 heavy (non-hydrogen) atoms. The fraction of sp³-hybridized carbons (Fsp3) is 0.538. The van der Waals surface area contributed by atoms with Crippen LogP contribution < -0.4 is 10.6 Å². The summed E-state index contributed by atoms with van der Waals surface area (Å²) in [5.74, 6) is -0.134. The van der Waals surface area contributed by atoms with Crippen LogP contribution in [0.2, 0.25) is 0 Å². The highest BCUT2D eigenvalue weighted by Crippen LogP contribution is 2.16. The quantitative estimate of drug-likeness (QED) is 0.828. The minimum Gasteiger partial charge on any atom is -0.368 e. The van der Waals surface area contributed by atoms with E-state index in [-0.39, 0.29) is 18.6 Å². The Balaban J connectivity index is 1.80. The number of anilines is 1. The van der Waals surface area contributed by atoms with E-state index in [1.54, 1.807) is 6.07 Å². The molecule has 2 N–H and O–H groups in total. The zero-order chi connectivity index (χ0) is 13.7. The van der Waals surface area contributed by atoms with Crippen LogP contribution in [0.1, 0.15) is 18.5 Å². The summed E-state index contributed by atoms with van der Waals surface area (Å²) in [6, 6.07) is 3.63. The molecule has 0 radical (unpaired) electrons. The Kier molecular flexibility index (Phi) is 5.30. The van der Waals surface area contributed by atoms with Crippen LogP contribution in [0.5, 0.6) is 0 Å². The molecule has 0 bridgehead atoms. The molecule has 0 aliphatic carbocycles. The first kappa shape index (κ1) is 14.4. The maximum atomic E-state index is 11.8. The van der Waals surface area contributed by atoms with Gasteiger partial charge in [-0.05, 0) is 60.9 Å². The van der Waals surface area contributed by atoms with Crippen molar-refractivity contribution in [2.24, 2.45) is 0 Å². The number of rotatable bonds is 4. The summed E-state index contributed by atoms with van der Waals surface area (Å²) >= 11 is 3.29. The molecule has 0 aromatic carbocycles. The SMILES string of the molecule is Cc1nc(Br)ccc1NC(=O)COC1CCNCC1. The normalized spacial score (nSPS) is 16.3. The van der Waals surface area contributed by atoms with E-state index in [0.29, 0.717) is 0 Å². The lowest BCUT2D eigenvalue weighted by atomic mass is 10.1. The van der Waals surface area contributed by atoms with Crippen molar-refractivity contribution in [2.45, 2.75) is 25.9 Å². The van der Waals surface area contributed by atoms with Crippen LogP contribution in [0.4, 0.5) is 5.69 Å². The monoisotopic (exact) mass is 327 g/mol. The van der Waals surface area contributed by atoms with E-state index in [1.807, 2.05) is 13.0 Å². The third-order valence-corrected chi connectivity index (χ3v) is 3.50. The molecule has 0 spiro atoms. The Hall–Kier alpha value is -0.980. The van der Waals surface area contributed by atoms with Crippen LogP contribution in [-0.2, 0) is 9.53 Å². The van der Waals surface area contributed by atoms with E-state index in [9.17, 15) is 4.79 Å². The van der Waals surface area contributed by atoms with Crippen LogP contribution in [0.3, 0.4) is 0 Å². The molecule has 1 aliphatic heterocycles. The zero-order valence-electron chi connectivity index (χ0n) is 10.9. The fourth-order valence-corrected chi connectivity index (χ4v) is 2.40. The number of pyridine rings is 1. The first-order valence-corrected chi connectivity index (χ1v) is 7.20. The fourth-order valence-electron chi connectivity index (χ4n) is 2.00. The van der Waals surface area contributed by atoms with Crippen LogP contribution in [0, 0.1) is 6.92 Å². The number of piperidine rings is 1. The van der Waals surface area contributed by atoms with Gasteiger partial charge in [0.25, 0.3) is 0 Å². The first-order valence-electron chi connectivity index (χ1n) is 6.40. The summed E-state index contributed by atoms with van der Waals surface area (Å²) < 4.78 is 6.36. The van der Waals surface area contributed by atoms with Gasteiger partial charge in [0.05, 0.1) is 17.5 Å². The van der Waals surface area contributed by atoms with E-state index in [2.05, 4.69) is 31.5 Å². The summed E-state index contributed by atoms with van der Waals surface area (Å²) in [5, 5.41) is 6.08. The lowest BCUT2D eigenvalue weighted by Gasteiger charge is -2.22. The van der Waals surface area contributed by atoms with Gasteiger partial charge in [0.2, 0.25) is 5.91 Å². The molecule has 0 atom stereocenters. The molecule has 1 amide bonds. The van der Waals surface area contributed by atoms with Crippen LogP contribution in [0.25, 0.3) is 0 Å². The third-order valence-electron chi connectivity index (χ3n) is 3.06. The molecule has 0 unspecified atom stereocenters. The van der Waals surface area contributed by atoms with Gasteiger partial charge in [-0.15, -0.1) is 0 Å². The van der Waals surface area contributed by atoms with E-state index < -0.39 is 0 Å². The topological polar surface area (TPSA) is 63.2 Å². The van der Waals surface area contributed by atoms with Crippen LogP contribution in [-0.4, -0.2) is 36.7 Å². The van der Waals surface area contributed by atoms with Crippen molar-refractivity contribution in [3.05, 3.63) is 22.4 Å². The highest BCUT2D eigenvalue weighted by molar-refractivity contribution is 9.10. The molecule has 1 fully saturated rings. The third kappa shape index (κ3) is 4.56. The number of aryl methyl sites for hydroxylation is 1. The number of amides is 1. The lowest BCUT2D eigenvalue weighted by Crippen LogP contribution is -2.34. The largest absolute Gasteiger partial charge is 0.368 e. The number of hydrogen-bond donors (Lipinski definition) is 2. The maximum Gasteiger partial charge on any atom is 0.250 e. The molecule has 1 saturated heterocycles. The second-order valence-electron chi connectivity index (χ2n) is 4.58. The van der Waals surface area contributed by atoms with Gasteiger partial charge in [-0.25, -0.2) is 4.98 Å². The molecule has 1 aromatic heterocycles. The number of carbonyl (C=O) groups excluding carboxylic acids is 1. The van der Waals surface area contributed by atoms with Crippen LogP contribution in [0.15, 0.2) is 16.7 Å². The van der Waals surface area contributed by atoms with Gasteiger partial charge in [-0.2, -0.15) is 0 Å². The molecule has 1 aliphatic rings. The van der Waals surface area contributed by atoms with Crippen molar-refractivity contribution in [1.29, 1.82) is 0 Å². The highest BCUT2D eigenvalue weighted by Gasteiger charge is 2.15. The molecule has 2 heterocycles. The molecular weight excluding hydrogens is 310 g/mol. The number of carbonyl (C=O) groups is 1. The summed E-state index contributed by atoms with van der Waals surface area (Å²) in [7, 11) is 0. The summed E-state index contributed by atoms with van der Waals surface area (Å²) in [5.41, 5.74) is 1.51. The van der Waals surface area contributed by atoms with Gasteiger partial charge in [0.1, 0.15) is 11.2 Å². The number of aromatic nitrogens is 1. The van der Waals surface area contributed by atoms with Crippen molar-refractivity contribution < 1.29 is 9.53 Å². The predicted molar refractivity (Wildman–Crippen MR) is 77.1 cm³/mol. The van der Waals surface area contributed by atoms with E-state index in [1.165, 1.54) is 0 Å². The van der Waals surface area contributed by atoms with E-state index in [0.717, 1.165) is 41.9 Å². The summed E-state index contributed by atoms with van der Waals surface area (Å²) in [4.78, 5) is 16.0. The smallest absolute Gasteiger partial charge is 0.250 e. The van der Waals surface area contributed by atoms with Crippen molar-refractivity contribution in [2.75, 3.05) is 25.0 Å². The van der Waals surface area contributed by atoms with Gasteiger partial charge in [-0.1, -0.05) is 0 Å². The van der Waals surface area contributed by atoms with Crippen molar-refractivity contribution in [3.8, 4) is 0 Å². The van der Waals surface area contributed by atoms with E-state index in [4.69, 9.17) is 4.74 Å². The van der Waals surface area contributed by atoms with Crippen molar-refractivity contribution >= 4 is 27.5 Å². The van der Waals surface area contributed by atoms with Crippen LogP contribution >= 0.6 is 15.9 Å². The van der Waals surface area contributed by atoms with Gasteiger partial charge >= 0.3 is 0 Å². The van der Waals surface area contributed by atoms with E-state index >= 15 is 0 Å². The van der Waals surface area contributed by atoms with Crippen molar-refractivity contribution in [3.63, 3.8) is 0 Å². The molecule has 104 valence electrons. The maximum absolute atomic E-state index is 11.8. The number of nitrogens with zero attached hydrogens (tertiary/aromatic N) is 1. The average Bonchev–Trinajstić information content (AvgIpc) is 2.41. The average molecular weight is 328 g/mol. The Labute approximate surface area is 121 Å². The second kappa shape index (κ2) is 6.98. The van der Waals surface area contributed by atoms with Crippen molar-refractivity contribution in [1.82, 2.24) is 10.3 Å². The number of hydrogen-bond acceptors (Lipinski definition) is 4. The van der Waals surface area contributed by atoms with Gasteiger partial charge in [0, 0.05) is 0 Å². The summed E-state index contributed by atoms with van der Waals surface area (Å²) in [6.07, 6.45) is 2.12. The Morgan fingerprint density at radius 2 is 2.26 bits per heavy atom. The first-order chi connectivity index (χ1) is 9.15. The van der Waals surface area contributed by atoms with Gasteiger partial charge < -0.3 is 15.4 Å². The Morgan fingerprint density at radius 3 is 2.95 bits per heavy atom. The second-order valence-corrected chi connectivity index (χ2v) is 5.39. The number of nitrogens with one attached hydrogen (secondary N) is 2. The standard InChI is InChI=1S/C13H18BrN3O2/c1-9-11(2-3-12(14)16-9)17-13(18)8-19-10-4-6-15-7-5-10/h2-3,10,15H,4-8H2,1H3,(H,17,18).